The normalized spacial score (nSPS) is 12.7. The predicted molar refractivity (Wildman–Crippen MR) is 61.2 cm³/mol. The van der Waals surface area contributed by atoms with Crippen LogP contribution in [0.1, 0.15) is 24.3 Å². The van der Waals surface area contributed by atoms with Gasteiger partial charge in [-0.1, -0.05) is 22.9 Å². The third kappa shape index (κ3) is 2.62. The lowest BCUT2D eigenvalue weighted by molar-refractivity contribution is 0.194. The summed E-state index contributed by atoms with van der Waals surface area (Å²) in [5, 5.41) is 17.2. The number of aliphatic hydroxyl groups excluding tert-OH is 1. The molecule has 0 bridgehead atoms. The first-order valence-corrected chi connectivity index (χ1v) is 5.46. The van der Waals surface area contributed by atoms with Crippen LogP contribution in [0.25, 0.3) is 0 Å². The average molecular weight is 256 g/mol. The molecule has 0 aliphatic rings. The largest absolute Gasteiger partial charge is 0.387 e. The van der Waals surface area contributed by atoms with E-state index in [1.165, 1.54) is 10.7 Å². The highest BCUT2D eigenvalue weighted by Gasteiger charge is 2.10. The fourth-order valence-electron chi connectivity index (χ4n) is 1.43. The number of nitrogens with zero attached hydrogens (tertiary/aromatic N) is 3. The van der Waals surface area contributed by atoms with E-state index in [1.54, 1.807) is 25.3 Å². The lowest BCUT2D eigenvalue weighted by Gasteiger charge is -2.04. The molecule has 0 saturated carbocycles. The monoisotopic (exact) mass is 255 g/mol. The molecule has 0 aliphatic heterocycles. The van der Waals surface area contributed by atoms with Crippen LogP contribution in [0.3, 0.4) is 0 Å². The molecule has 1 atom stereocenters. The molecule has 2 aromatic rings. The van der Waals surface area contributed by atoms with Gasteiger partial charge in [0.05, 0.1) is 18.8 Å². The first-order valence-electron chi connectivity index (χ1n) is 5.09. The number of aromatic nitrogens is 3. The van der Waals surface area contributed by atoms with Crippen molar-refractivity contribution in [2.45, 2.75) is 19.6 Å². The summed E-state index contributed by atoms with van der Waals surface area (Å²) in [5.74, 6) is -0.383. The third-order valence-electron chi connectivity index (χ3n) is 2.37. The molecule has 0 amide bonds. The summed E-state index contributed by atoms with van der Waals surface area (Å²) >= 11 is 5.90. The first kappa shape index (κ1) is 12.0. The molecule has 1 aromatic heterocycles. The number of hydrogen-bond donors (Lipinski definition) is 1. The first-order chi connectivity index (χ1) is 8.08. The molecule has 1 heterocycles. The van der Waals surface area contributed by atoms with Gasteiger partial charge in [-0.2, -0.15) is 0 Å². The van der Waals surface area contributed by atoms with Crippen LogP contribution >= 0.6 is 11.6 Å². The number of rotatable bonds is 3. The van der Waals surface area contributed by atoms with Gasteiger partial charge in [0.1, 0.15) is 11.5 Å². The van der Waals surface area contributed by atoms with Gasteiger partial charge in [-0.3, -0.25) is 0 Å². The Morgan fingerprint density at radius 3 is 2.88 bits per heavy atom. The van der Waals surface area contributed by atoms with Gasteiger partial charge in [-0.05, 0) is 19.1 Å². The highest BCUT2D eigenvalue weighted by molar-refractivity contribution is 6.31. The molecule has 0 saturated heterocycles. The van der Waals surface area contributed by atoms with Crippen molar-refractivity contribution in [1.29, 1.82) is 0 Å². The number of hydrogen-bond acceptors (Lipinski definition) is 3. The lowest BCUT2D eigenvalue weighted by Crippen LogP contribution is -2.03. The second-order valence-electron chi connectivity index (χ2n) is 3.72. The zero-order valence-corrected chi connectivity index (χ0v) is 9.89. The summed E-state index contributed by atoms with van der Waals surface area (Å²) in [5.41, 5.74) is 0.800. The molecule has 0 radical (unpaired) electrons. The average Bonchev–Trinajstić information content (AvgIpc) is 2.72. The minimum Gasteiger partial charge on any atom is -0.387 e. The van der Waals surface area contributed by atoms with Crippen molar-refractivity contribution in [3.63, 3.8) is 0 Å². The molecular weight excluding hydrogens is 245 g/mol. The molecule has 1 unspecified atom stereocenters. The van der Waals surface area contributed by atoms with Gasteiger partial charge >= 0.3 is 0 Å². The fraction of sp³-hybridized carbons (Fsp3) is 0.273. The highest BCUT2D eigenvalue weighted by atomic mass is 35.5. The third-order valence-corrected chi connectivity index (χ3v) is 2.72. The van der Waals surface area contributed by atoms with Gasteiger partial charge in [-0.25, -0.2) is 9.07 Å². The quantitative estimate of drug-likeness (QED) is 0.915. The molecule has 6 heteroatoms. The second-order valence-corrected chi connectivity index (χ2v) is 4.12. The molecule has 0 fully saturated rings. The summed E-state index contributed by atoms with van der Waals surface area (Å²) in [6.07, 6.45) is 0.868. The number of aliphatic hydroxyl groups is 1. The molecule has 2 rings (SSSR count). The predicted octanol–water partition coefficient (Wildman–Crippen LogP) is 2.17. The molecule has 0 aliphatic carbocycles. The van der Waals surface area contributed by atoms with Gasteiger partial charge < -0.3 is 5.11 Å². The maximum absolute atomic E-state index is 13.5. The van der Waals surface area contributed by atoms with Crippen molar-refractivity contribution in [1.82, 2.24) is 15.0 Å². The van der Waals surface area contributed by atoms with Gasteiger partial charge in [0, 0.05) is 10.6 Å². The molecule has 1 aromatic carbocycles. The topological polar surface area (TPSA) is 50.9 Å². The molecule has 4 nitrogen and oxygen atoms in total. The maximum atomic E-state index is 13.5. The van der Waals surface area contributed by atoms with Crippen molar-refractivity contribution in [2.75, 3.05) is 0 Å². The smallest absolute Gasteiger partial charge is 0.129 e. The van der Waals surface area contributed by atoms with Crippen molar-refractivity contribution in [3.8, 4) is 0 Å². The summed E-state index contributed by atoms with van der Waals surface area (Å²) in [7, 11) is 0. The number of halogens is 2. The Balaban J connectivity index is 2.25. The molecule has 1 N–H and O–H groups in total. The molecule has 0 spiro atoms. The lowest BCUT2D eigenvalue weighted by atomic mass is 10.2. The summed E-state index contributed by atoms with van der Waals surface area (Å²) < 4.78 is 14.9. The zero-order chi connectivity index (χ0) is 12.4. The van der Waals surface area contributed by atoms with Crippen LogP contribution in [-0.4, -0.2) is 20.1 Å². The van der Waals surface area contributed by atoms with E-state index in [9.17, 15) is 9.50 Å². The Hall–Kier alpha value is -1.46. The van der Waals surface area contributed by atoms with E-state index in [1.807, 2.05) is 0 Å². The number of benzene rings is 1. The van der Waals surface area contributed by atoms with Crippen LogP contribution in [-0.2, 0) is 6.54 Å². The van der Waals surface area contributed by atoms with Crippen LogP contribution < -0.4 is 0 Å². The Morgan fingerprint density at radius 2 is 2.29 bits per heavy atom. The standard InChI is InChI=1S/C11H11ClFN3O/c1-7(17)11-6-16(15-14-11)5-8-9(12)3-2-4-10(8)13/h2-4,6-7,17H,5H2,1H3. The zero-order valence-electron chi connectivity index (χ0n) is 9.14. The van der Waals surface area contributed by atoms with Gasteiger partial charge in [0.25, 0.3) is 0 Å². The molecular formula is C11H11ClFN3O. The van der Waals surface area contributed by atoms with Crippen LogP contribution in [0.15, 0.2) is 24.4 Å². The summed E-state index contributed by atoms with van der Waals surface area (Å²) in [6, 6.07) is 4.50. The summed E-state index contributed by atoms with van der Waals surface area (Å²) in [4.78, 5) is 0. The van der Waals surface area contributed by atoms with E-state index >= 15 is 0 Å². The fourth-order valence-corrected chi connectivity index (χ4v) is 1.65. The maximum Gasteiger partial charge on any atom is 0.129 e. The van der Waals surface area contributed by atoms with E-state index < -0.39 is 6.10 Å². The Morgan fingerprint density at radius 1 is 1.53 bits per heavy atom. The molecule has 17 heavy (non-hydrogen) atoms. The van der Waals surface area contributed by atoms with E-state index in [-0.39, 0.29) is 12.4 Å². The summed E-state index contributed by atoms with van der Waals surface area (Å²) in [6.45, 7) is 1.77. The van der Waals surface area contributed by atoms with Gasteiger partial charge in [-0.15, -0.1) is 5.10 Å². The Labute approximate surface area is 103 Å². The van der Waals surface area contributed by atoms with Gasteiger partial charge in [0.15, 0.2) is 0 Å². The minimum absolute atomic E-state index is 0.186. The van der Waals surface area contributed by atoms with Crippen molar-refractivity contribution < 1.29 is 9.50 Å². The van der Waals surface area contributed by atoms with E-state index in [0.717, 1.165) is 0 Å². The van der Waals surface area contributed by atoms with Crippen LogP contribution in [0.5, 0.6) is 0 Å². The van der Waals surface area contributed by atoms with Crippen LogP contribution in [0.4, 0.5) is 4.39 Å². The highest BCUT2D eigenvalue weighted by Crippen LogP contribution is 2.20. The van der Waals surface area contributed by atoms with Crippen molar-refractivity contribution in [2.24, 2.45) is 0 Å². The van der Waals surface area contributed by atoms with Crippen LogP contribution in [0.2, 0.25) is 5.02 Å². The van der Waals surface area contributed by atoms with Gasteiger partial charge in [0.2, 0.25) is 0 Å². The van der Waals surface area contributed by atoms with E-state index in [4.69, 9.17) is 11.6 Å². The van der Waals surface area contributed by atoms with E-state index in [0.29, 0.717) is 16.3 Å². The SMILES string of the molecule is CC(O)c1cn(Cc2c(F)cccc2Cl)nn1. The Kier molecular flexibility index (Phi) is 3.40. The van der Waals surface area contributed by atoms with Crippen molar-refractivity contribution in [3.05, 3.63) is 46.5 Å². The minimum atomic E-state index is -0.695. The van der Waals surface area contributed by atoms with E-state index in [2.05, 4.69) is 10.3 Å². The second kappa shape index (κ2) is 4.81. The van der Waals surface area contributed by atoms with Crippen LogP contribution in [0, 0.1) is 5.82 Å². The molecule has 90 valence electrons. The Bertz CT molecular complexity index is 507. The van der Waals surface area contributed by atoms with Crippen molar-refractivity contribution >= 4 is 11.6 Å².